The molecule has 0 spiro atoms. The molecule has 1 aromatic rings. The summed E-state index contributed by atoms with van der Waals surface area (Å²) in [6.07, 6.45) is -4.45. The molecule has 0 unspecified atom stereocenters. The molecule has 1 fully saturated rings. The summed E-state index contributed by atoms with van der Waals surface area (Å²) in [4.78, 5) is 47.4. The van der Waals surface area contributed by atoms with E-state index in [9.17, 15) is 19.2 Å². The Morgan fingerprint density at radius 2 is 1.35 bits per heavy atom. The van der Waals surface area contributed by atoms with Gasteiger partial charge in [-0.3, -0.25) is 19.2 Å². The summed E-state index contributed by atoms with van der Waals surface area (Å²) in [7, 11) is 0. The lowest BCUT2D eigenvalue weighted by atomic mass is 9.99. The monoisotopic (exact) mass is 474 g/mol. The summed E-state index contributed by atoms with van der Waals surface area (Å²) in [5.41, 5.74) is -0.873. The predicted molar refractivity (Wildman–Crippen MR) is 109 cm³/mol. The normalized spacial score (nSPS) is 25.3. The number of rotatable bonds is 7. The summed E-state index contributed by atoms with van der Waals surface area (Å²) < 4.78 is 27.2. The SMILES string of the molecule is CC(=O)OC[C@@H]1O[C@H](Sc2ccc(Cl)cc2)[C@H](OC(C)=O)[C@@H](OC(C)=O)[C@@H]1OC(C)=O. The molecule has 31 heavy (non-hydrogen) atoms. The van der Waals surface area contributed by atoms with Crippen LogP contribution in [-0.2, 0) is 42.9 Å². The van der Waals surface area contributed by atoms with Crippen LogP contribution in [0.5, 0.6) is 0 Å². The van der Waals surface area contributed by atoms with Crippen molar-refractivity contribution in [1.29, 1.82) is 0 Å². The van der Waals surface area contributed by atoms with Crippen molar-refractivity contribution in [3.8, 4) is 0 Å². The molecule has 0 radical (unpaired) electrons. The van der Waals surface area contributed by atoms with E-state index in [1.807, 2.05) is 0 Å². The van der Waals surface area contributed by atoms with E-state index in [0.717, 1.165) is 4.90 Å². The molecule has 1 aliphatic heterocycles. The van der Waals surface area contributed by atoms with Gasteiger partial charge in [0.05, 0.1) is 0 Å². The van der Waals surface area contributed by atoms with Crippen LogP contribution in [0.3, 0.4) is 0 Å². The van der Waals surface area contributed by atoms with Crippen LogP contribution < -0.4 is 0 Å². The lowest BCUT2D eigenvalue weighted by Crippen LogP contribution is -2.61. The van der Waals surface area contributed by atoms with E-state index >= 15 is 0 Å². The molecule has 0 saturated carbocycles. The number of hydrogen-bond acceptors (Lipinski definition) is 10. The Labute approximate surface area is 188 Å². The number of benzene rings is 1. The zero-order valence-corrected chi connectivity index (χ0v) is 18.9. The van der Waals surface area contributed by atoms with E-state index in [4.69, 9.17) is 35.3 Å². The molecule has 0 aromatic heterocycles. The topological polar surface area (TPSA) is 114 Å². The van der Waals surface area contributed by atoms with E-state index in [-0.39, 0.29) is 6.61 Å². The molecular formula is C20H23ClO9S. The minimum absolute atomic E-state index is 0.268. The number of carbonyl (C=O) groups excluding carboxylic acids is 4. The fourth-order valence-corrected chi connectivity index (χ4v) is 4.16. The Bertz CT molecular complexity index is 813. The van der Waals surface area contributed by atoms with E-state index in [1.54, 1.807) is 24.3 Å². The largest absolute Gasteiger partial charge is 0.463 e. The van der Waals surface area contributed by atoms with Crippen molar-refractivity contribution in [2.75, 3.05) is 6.61 Å². The van der Waals surface area contributed by atoms with Gasteiger partial charge >= 0.3 is 23.9 Å². The third kappa shape index (κ3) is 7.71. The third-order valence-electron chi connectivity index (χ3n) is 4.01. The molecule has 0 amide bonds. The highest BCUT2D eigenvalue weighted by molar-refractivity contribution is 7.99. The second-order valence-electron chi connectivity index (χ2n) is 6.64. The summed E-state index contributed by atoms with van der Waals surface area (Å²) >= 11 is 7.11. The van der Waals surface area contributed by atoms with Gasteiger partial charge in [0.1, 0.15) is 18.1 Å². The van der Waals surface area contributed by atoms with Crippen molar-refractivity contribution in [3.05, 3.63) is 29.3 Å². The standard InChI is InChI=1S/C20H23ClO9S/c1-10(22)26-9-16-17(27-11(2)23)18(28-12(3)24)19(29-13(4)25)20(30-16)31-15-7-5-14(21)6-8-15/h5-8,16-20H,9H2,1-4H3/t16-,17+,18-,19+,20+/m0/s1. The minimum Gasteiger partial charge on any atom is -0.463 e. The van der Waals surface area contributed by atoms with Gasteiger partial charge in [0.2, 0.25) is 0 Å². The first kappa shape index (κ1) is 25.0. The maximum absolute atomic E-state index is 11.8. The van der Waals surface area contributed by atoms with Gasteiger partial charge in [-0.25, -0.2) is 0 Å². The minimum atomic E-state index is -1.19. The van der Waals surface area contributed by atoms with Crippen molar-refractivity contribution >= 4 is 47.2 Å². The maximum atomic E-state index is 11.8. The molecule has 11 heteroatoms. The first-order valence-corrected chi connectivity index (χ1v) is 10.5. The molecule has 1 saturated heterocycles. The van der Waals surface area contributed by atoms with E-state index in [0.29, 0.717) is 5.02 Å². The van der Waals surface area contributed by atoms with Crippen LogP contribution >= 0.6 is 23.4 Å². The molecule has 1 aliphatic rings. The molecule has 9 nitrogen and oxygen atoms in total. The smallest absolute Gasteiger partial charge is 0.303 e. The van der Waals surface area contributed by atoms with Crippen LogP contribution in [-0.4, -0.2) is 60.3 Å². The fraction of sp³-hybridized carbons (Fsp3) is 0.500. The predicted octanol–water partition coefficient (Wildman–Crippen LogP) is 2.52. The van der Waals surface area contributed by atoms with Gasteiger partial charge in [0.15, 0.2) is 18.3 Å². The maximum Gasteiger partial charge on any atom is 0.303 e. The third-order valence-corrected chi connectivity index (χ3v) is 5.42. The number of halogens is 1. The molecule has 170 valence electrons. The summed E-state index contributed by atoms with van der Waals surface area (Å²) in [6, 6.07) is 6.83. The van der Waals surface area contributed by atoms with Crippen LogP contribution in [0, 0.1) is 0 Å². The molecule has 1 aromatic carbocycles. The molecule has 0 bridgehead atoms. The second kappa shape index (κ2) is 11.4. The fourth-order valence-electron chi connectivity index (χ4n) is 2.93. The van der Waals surface area contributed by atoms with Crippen LogP contribution in [0.4, 0.5) is 0 Å². The first-order chi connectivity index (χ1) is 14.6. The van der Waals surface area contributed by atoms with Crippen molar-refractivity contribution in [2.24, 2.45) is 0 Å². The molecule has 2 rings (SSSR count). The Balaban J connectivity index is 2.43. The zero-order chi connectivity index (χ0) is 23.1. The highest BCUT2D eigenvalue weighted by Crippen LogP contribution is 2.37. The lowest BCUT2D eigenvalue weighted by Gasteiger charge is -2.44. The van der Waals surface area contributed by atoms with Gasteiger partial charge in [-0.05, 0) is 24.3 Å². The average molecular weight is 475 g/mol. The quantitative estimate of drug-likeness (QED) is 0.431. The van der Waals surface area contributed by atoms with Gasteiger partial charge in [-0.1, -0.05) is 23.4 Å². The Kier molecular flexibility index (Phi) is 9.15. The molecule has 5 atom stereocenters. The average Bonchev–Trinajstić information content (AvgIpc) is 2.65. The first-order valence-electron chi connectivity index (χ1n) is 9.29. The van der Waals surface area contributed by atoms with Gasteiger partial charge in [-0.2, -0.15) is 0 Å². The van der Waals surface area contributed by atoms with Crippen LogP contribution in [0.2, 0.25) is 5.02 Å². The Morgan fingerprint density at radius 1 is 0.839 bits per heavy atom. The van der Waals surface area contributed by atoms with Crippen molar-refractivity contribution in [3.63, 3.8) is 0 Å². The Morgan fingerprint density at radius 3 is 1.87 bits per heavy atom. The highest BCUT2D eigenvalue weighted by Gasteiger charge is 2.52. The number of hydrogen-bond donors (Lipinski definition) is 0. The molecule has 1 heterocycles. The van der Waals surface area contributed by atoms with E-state index in [1.165, 1.54) is 39.5 Å². The molecule has 0 aliphatic carbocycles. The number of carbonyl (C=O) groups is 4. The molecular weight excluding hydrogens is 452 g/mol. The summed E-state index contributed by atoms with van der Waals surface area (Å²) in [6.45, 7) is 4.49. The van der Waals surface area contributed by atoms with Crippen LogP contribution in [0.25, 0.3) is 0 Å². The summed E-state index contributed by atoms with van der Waals surface area (Å²) in [5, 5.41) is 0.533. The number of ether oxygens (including phenoxy) is 5. The number of esters is 4. The number of thioether (sulfide) groups is 1. The van der Waals surface area contributed by atoms with E-state index < -0.39 is 53.7 Å². The second-order valence-corrected chi connectivity index (χ2v) is 8.25. The van der Waals surface area contributed by atoms with Gasteiger partial charge in [0, 0.05) is 37.6 Å². The zero-order valence-electron chi connectivity index (χ0n) is 17.4. The van der Waals surface area contributed by atoms with Crippen LogP contribution in [0.15, 0.2) is 29.2 Å². The Hall–Kier alpha value is -2.30. The van der Waals surface area contributed by atoms with Crippen LogP contribution in [0.1, 0.15) is 27.7 Å². The van der Waals surface area contributed by atoms with E-state index in [2.05, 4.69) is 0 Å². The van der Waals surface area contributed by atoms with Gasteiger partial charge in [-0.15, -0.1) is 0 Å². The van der Waals surface area contributed by atoms with Gasteiger partial charge < -0.3 is 23.7 Å². The highest BCUT2D eigenvalue weighted by atomic mass is 35.5. The van der Waals surface area contributed by atoms with Crippen molar-refractivity contribution in [2.45, 2.75) is 62.4 Å². The lowest BCUT2D eigenvalue weighted by molar-refractivity contribution is -0.237. The molecule has 0 N–H and O–H groups in total. The summed E-state index contributed by atoms with van der Waals surface area (Å²) in [5.74, 6) is -2.57. The van der Waals surface area contributed by atoms with Crippen molar-refractivity contribution in [1.82, 2.24) is 0 Å². The van der Waals surface area contributed by atoms with Crippen molar-refractivity contribution < 1.29 is 42.9 Å². The van der Waals surface area contributed by atoms with Gasteiger partial charge in [0.25, 0.3) is 0 Å².